The number of thiophene rings is 1. The van der Waals surface area contributed by atoms with Gasteiger partial charge in [0.2, 0.25) is 11.8 Å². The number of hydrogen-bond donors (Lipinski definition) is 2. The molecule has 1 aromatic carbocycles. The number of benzene rings is 1. The predicted octanol–water partition coefficient (Wildman–Crippen LogP) is 4.52. The van der Waals surface area contributed by atoms with Crippen molar-refractivity contribution in [3.63, 3.8) is 0 Å². The van der Waals surface area contributed by atoms with Crippen molar-refractivity contribution in [3.8, 4) is 22.0 Å². The SMILES string of the molecule is NC(=O)C1CCCN(C(=O)CCCNC(=O)c2sccc2-c2nc(-c3cc4ccccc4o3)cs2)C1. The average molecular weight is 523 g/mol. The standard InChI is InChI=1S/C26H26N4O4S2/c27-24(32)17-6-4-11-30(14-17)22(31)8-3-10-28-25(33)23-18(9-12-35-23)26-29-19(15-36-26)21-13-16-5-1-2-7-20(16)34-21/h1-2,5,7,9,12-13,15,17H,3-4,6,8,10-11,14H2,(H2,27,32)(H,28,33). The summed E-state index contributed by atoms with van der Waals surface area (Å²) in [5, 5.41) is 8.50. The second kappa shape index (κ2) is 10.6. The fourth-order valence-corrected chi connectivity index (χ4v) is 6.10. The summed E-state index contributed by atoms with van der Waals surface area (Å²) in [4.78, 5) is 43.8. The van der Waals surface area contributed by atoms with E-state index in [9.17, 15) is 14.4 Å². The Labute approximate surface area is 216 Å². The van der Waals surface area contributed by atoms with Crippen LogP contribution < -0.4 is 11.1 Å². The number of para-hydroxylation sites is 1. The Bertz CT molecular complexity index is 1370. The second-order valence-electron chi connectivity index (χ2n) is 8.79. The molecule has 3 aromatic heterocycles. The molecule has 1 fully saturated rings. The van der Waals surface area contributed by atoms with Gasteiger partial charge >= 0.3 is 0 Å². The first-order valence-electron chi connectivity index (χ1n) is 11.9. The number of carbonyl (C=O) groups is 3. The van der Waals surface area contributed by atoms with Crippen molar-refractivity contribution in [1.29, 1.82) is 0 Å². The Hall–Kier alpha value is -3.50. The first-order valence-corrected chi connectivity index (χ1v) is 13.6. The zero-order chi connectivity index (χ0) is 25.1. The highest BCUT2D eigenvalue weighted by atomic mass is 32.1. The van der Waals surface area contributed by atoms with E-state index >= 15 is 0 Å². The Morgan fingerprint density at radius 1 is 1.19 bits per heavy atom. The number of thiazole rings is 1. The van der Waals surface area contributed by atoms with Gasteiger partial charge in [-0.3, -0.25) is 14.4 Å². The number of aromatic nitrogens is 1. The zero-order valence-corrected chi connectivity index (χ0v) is 21.2. The van der Waals surface area contributed by atoms with Crippen LogP contribution in [-0.4, -0.2) is 47.2 Å². The van der Waals surface area contributed by atoms with Crippen LogP contribution in [0.25, 0.3) is 33.0 Å². The maximum atomic E-state index is 12.9. The molecule has 3 amide bonds. The molecule has 4 heterocycles. The fraction of sp³-hybridized carbons (Fsp3) is 0.308. The minimum atomic E-state index is -0.351. The van der Waals surface area contributed by atoms with E-state index in [0.717, 1.165) is 40.1 Å². The van der Waals surface area contributed by atoms with Crippen molar-refractivity contribution in [2.75, 3.05) is 19.6 Å². The number of rotatable bonds is 8. The van der Waals surface area contributed by atoms with Crippen molar-refractivity contribution in [1.82, 2.24) is 15.2 Å². The number of carbonyl (C=O) groups excluding carboxylic acids is 3. The van der Waals surface area contributed by atoms with Crippen LogP contribution in [0.5, 0.6) is 0 Å². The summed E-state index contributed by atoms with van der Waals surface area (Å²) in [6, 6.07) is 11.7. The van der Waals surface area contributed by atoms with Gasteiger partial charge in [0.25, 0.3) is 5.91 Å². The molecule has 0 spiro atoms. The number of nitrogens with zero attached hydrogens (tertiary/aromatic N) is 2. The highest BCUT2D eigenvalue weighted by Gasteiger charge is 2.26. The molecule has 1 atom stereocenters. The molecule has 10 heteroatoms. The molecule has 0 radical (unpaired) electrons. The lowest BCUT2D eigenvalue weighted by Gasteiger charge is -2.31. The largest absolute Gasteiger partial charge is 0.454 e. The van der Waals surface area contributed by atoms with Gasteiger partial charge in [0.15, 0.2) is 5.76 Å². The maximum Gasteiger partial charge on any atom is 0.262 e. The highest BCUT2D eigenvalue weighted by Crippen LogP contribution is 2.35. The molecule has 0 aliphatic carbocycles. The van der Waals surface area contributed by atoms with Gasteiger partial charge in [-0.05, 0) is 42.8 Å². The third kappa shape index (κ3) is 5.19. The lowest BCUT2D eigenvalue weighted by atomic mass is 9.97. The van der Waals surface area contributed by atoms with Gasteiger partial charge in [-0.2, -0.15) is 0 Å². The Morgan fingerprint density at radius 3 is 2.89 bits per heavy atom. The van der Waals surface area contributed by atoms with E-state index in [1.165, 1.54) is 22.7 Å². The number of nitrogens with two attached hydrogens (primary N) is 1. The lowest BCUT2D eigenvalue weighted by Crippen LogP contribution is -2.44. The minimum absolute atomic E-state index is 0.00656. The molecule has 4 aromatic rings. The quantitative estimate of drug-likeness (QED) is 0.330. The van der Waals surface area contributed by atoms with Crippen LogP contribution in [0.2, 0.25) is 0 Å². The number of fused-ring (bicyclic) bond motifs is 1. The highest BCUT2D eigenvalue weighted by molar-refractivity contribution is 7.15. The van der Waals surface area contributed by atoms with Crippen LogP contribution in [0.4, 0.5) is 0 Å². The summed E-state index contributed by atoms with van der Waals surface area (Å²) < 4.78 is 5.92. The molecular weight excluding hydrogens is 496 g/mol. The minimum Gasteiger partial charge on any atom is -0.454 e. The summed E-state index contributed by atoms with van der Waals surface area (Å²) in [6.07, 6.45) is 2.36. The fourth-order valence-electron chi connectivity index (χ4n) is 4.39. The molecule has 1 saturated heterocycles. The van der Waals surface area contributed by atoms with E-state index < -0.39 is 0 Å². The molecule has 0 bridgehead atoms. The van der Waals surface area contributed by atoms with Gasteiger partial charge in [-0.25, -0.2) is 4.98 Å². The lowest BCUT2D eigenvalue weighted by molar-refractivity contribution is -0.135. The van der Waals surface area contributed by atoms with Gasteiger partial charge in [0.05, 0.1) is 5.92 Å². The van der Waals surface area contributed by atoms with Crippen LogP contribution in [0.1, 0.15) is 35.4 Å². The number of piperidine rings is 1. The van der Waals surface area contributed by atoms with Crippen LogP contribution in [0.3, 0.4) is 0 Å². The Kier molecular flexibility index (Phi) is 7.15. The predicted molar refractivity (Wildman–Crippen MR) is 141 cm³/mol. The second-order valence-corrected chi connectivity index (χ2v) is 10.6. The number of furan rings is 1. The van der Waals surface area contributed by atoms with E-state index in [1.54, 1.807) is 4.90 Å². The van der Waals surface area contributed by atoms with Gasteiger partial charge in [0, 0.05) is 42.4 Å². The number of likely N-dealkylation sites (tertiary alicyclic amines) is 1. The molecular formula is C26H26N4O4S2. The molecule has 1 aliphatic rings. The number of amides is 3. The summed E-state index contributed by atoms with van der Waals surface area (Å²) in [6.45, 7) is 1.43. The molecule has 36 heavy (non-hydrogen) atoms. The molecule has 0 saturated carbocycles. The monoisotopic (exact) mass is 522 g/mol. The van der Waals surface area contributed by atoms with Crippen LogP contribution in [-0.2, 0) is 9.59 Å². The van der Waals surface area contributed by atoms with E-state index in [2.05, 4.69) is 5.32 Å². The van der Waals surface area contributed by atoms with E-state index in [-0.39, 0.29) is 23.6 Å². The summed E-state index contributed by atoms with van der Waals surface area (Å²) in [5.41, 5.74) is 7.73. The first kappa shape index (κ1) is 24.2. The average Bonchev–Trinajstić information content (AvgIpc) is 3.64. The molecule has 1 aliphatic heterocycles. The number of primary amides is 1. The van der Waals surface area contributed by atoms with Gasteiger partial charge in [-0.15, -0.1) is 22.7 Å². The van der Waals surface area contributed by atoms with Gasteiger partial charge in [-0.1, -0.05) is 18.2 Å². The van der Waals surface area contributed by atoms with Crippen molar-refractivity contribution < 1.29 is 18.8 Å². The molecule has 3 N–H and O–H groups in total. The third-order valence-electron chi connectivity index (χ3n) is 6.31. The summed E-state index contributed by atoms with van der Waals surface area (Å²) in [7, 11) is 0. The normalized spacial score (nSPS) is 15.8. The van der Waals surface area contributed by atoms with Crippen molar-refractivity contribution in [3.05, 3.63) is 52.0 Å². The van der Waals surface area contributed by atoms with Crippen LogP contribution >= 0.6 is 22.7 Å². The Balaban J connectivity index is 1.16. The van der Waals surface area contributed by atoms with Gasteiger partial charge < -0.3 is 20.4 Å². The molecule has 8 nitrogen and oxygen atoms in total. The summed E-state index contributed by atoms with van der Waals surface area (Å²) in [5.74, 6) is -0.109. The zero-order valence-electron chi connectivity index (χ0n) is 19.6. The smallest absolute Gasteiger partial charge is 0.262 e. The van der Waals surface area contributed by atoms with E-state index in [1.807, 2.05) is 47.2 Å². The van der Waals surface area contributed by atoms with Crippen molar-refractivity contribution >= 4 is 51.4 Å². The van der Waals surface area contributed by atoms with Crippen LogP contribution in [0.15, 0.2) is 51.6 Å². The van der Waals surface area contributed by atoms with E-state index in [0.29, 0.717) is 43.1 Å². The molecule has 5 rings (SSSR count). The van der Waals surface area contributed by atoms with Crippen molar-refractivity contribution in [2.24, 2.45) is 11.7 Å². The summed E-state index contributed by atoms with van der Waals surface area (Å²) >= 11 is 2.83. The number of nitrogens with one attached hydrogen (secondary N) is 1. The molecule has 1 unspecified atom stereocenters. The van der Waals surface area contributed by atoms with Crippen LogP contribution in [0, 0.1) is 5.92 Å². The van der Waals surface area contributed by atoms with Gasteiger partial charge in [0.1, 0.15) is 21.2 Å². The van der Waals surface area contributed by atoms with E-state index in [4.69, 9.17) is 15.1 Å². The first-order chi connectivity index (χ1) is 17.5. The van der Waals surface area contributed by atoms with Crippen molar-refractivity contribution in [2.45, 2.75) is 25.7 Å². The molecule has 186 valence electrons. The Morgan fingerprint density at radius 2 is 2.06 bits per heavy atom. The third-order valence-corrected chi connectivity index (χ3v) is 8.10. The topological polar surface area (TPSA) is 119 Å². The number of hydrogen-bond acceptors (Lipinski definition) is 7. The maximum absolute atomic E-state index is 12.9.